The van der Waals surface area contributed by atoms with E-state index in [-0.39, 0.29) is 0 Å². The van der Waals surface area contributed by atoms with Crippen molar-refractivity contribution in [2.75, 3.05) is 0 Å². The molecule has 0 amide bonds. The number of aryl methyl sites for hydroxylation is 2. The minimum atomic E-state index is 0.341. The van der Waals surface area contributed by atoms with Crippen LogP contribution in [0.2, 0.25) is 10.2 Å². The maximum absolute atomic E-state index is 6.13. The number of nitrogens with zero attached hydrogens (tertiary/aromatic N) is 4. The Morgan fingerprint density at radius 1 is 1.10 bits per heavy atom. The zero-order chi connectivity index (χ0) is 14.4. The van der Waals surface area contributed by atoms with Crippen molar-refractivity contribution >= 4 is 44.8 Å². The Bertz CT molecular complexity index is 809. The molecule has 3 aromatic rings. The van der Waals surface area contributed by atoms with Crippen molar-refractivity contribution < 1.29 is 0 Å². The van der Waals surface area contributed by atoms with Crippen molar-refractivity contribution in [2.45, 2.75) is 13.8 Å². The Balaban J connectivity index is 2.37. The van der Waals surface area contributed by atoms with Gasteiger partial charge >= 0.3 is 0 Å². The summed E-state index contributed by atoms with van der Waals surface area (Å²) in [5.74, 6) is 0.688. The van der Waals surface area contributed by atoms with E-state index < -0.39 is 0 Å². The summed E-state index contributed by atoms with van der Waals surface area (Å²) in [6.07, 6.45) is 0. The van der Waals surface area contributed by atoms with Crippen molar-refractivity contribution in [2.24, 2.45) is 0 Å². The van der Waals surface area contributed by atoms with Gasteiger partial charge in [-0.25, -0.2) is 4.98 Å². The van der Waals surface area contributed by atoms with Crippen molar-refractivity contribution in [1.29, 1.82) is 0 Å². The molecule has 0 unspecified atom stereocenters. The van der Waals surface area contributed by atoms with Gasteiger partial charge in [0.05, 0.1) is 5.69 Å². The third kappa shape index (κ3) is 2.20. The summed E-state index contributed by atoms with van der Waals surface area (Å²) in [6.45, 7) is 3.86. The standard InChI is InChI=1S/C13H9BrCl2N4/c1-6-7(2)20-12(18-19-13(20)11(16)17-6)8-3-9(14)5-10(15)4-8/h3-5H,1-2H3. The van der Waals surface area contributed by atoms with Gasteiger partial charge in [0.25, 0.3) is 0 Å². The van der Waals surface area contributed by atoms with Gasteiger partial charge in [-0.05, 0) is 32.0 Å². The first-order chi connectivity index (χ1) is 9.47. The molecule has 3 rings (SSSR count). The zero-order valence-corrected chi connectivity index (χ0v) is 13.8. The van der Waals surface area contributed by atoms with Gasteiger partial charge in [-0.15, -0.1) is 10.2 Å². The molecule has 102 valence electrons. The molecular formula is C13H9BrCl2N4. The lowest BCUT2D eigenvalue weighted by Gasteiger charge is -2.08. The van der Waals surface area contributed by atoms with Crippen LogP contribution in [-0.2, 0) is 0 Å². The van der Waals surface area contributed by atoms with E-state index in [2.05, 4.69) is 31.1 Å². The average molecular weight is 372 g/mol. The smallest absolute Gasteiger partial charge is 0.199 e. The predicted molar refractivity (Wildman–Crippen MR) is 83.4 cm³/mol. The van der Waals surface area contributed by atoms with E-state index in [1.807, 2.05) is 36.4 Å². The molecule has 1 aromatic carbocycles. The van der Waals surface area contributed by atoms with Gasteiger partial charge in [-0.3, -0.25) is 4.40 Å². The first-order valence-electron chi connectivity index (χ1n) is 5.81. The lowest BCUT2D eigenvalue weighted by molar-refractivity contribution is 1.000. The molecule has 0 spiro atoms. The van der Waals surface area contributed by atoms with Gasteiger partial charge in [0.2, 0.25) is 0 Å². The largest absolute Gasteiger partial charge is 0.275 e. The van der Waals surface area contributed by atoms with Crippen LogP contribution in [0.15, 0.2) is 22.7 Å². The number of hydrogen-bond acceptors (Lipinski definition) is 3. The average Bonchev–Trinajstić information content (AvgIpc) is 2.80. The summed E-state index contributed by atoms with van der Waals surface area (Å²) >= 11 is 15.7. The first kappa shape index (κ1) is 13.8. The van der Waals surface area contributed by atoms with E-state index in [0.717, 1.165) is 21.4 Å². The SMILES string of the molecule is Cc1nc(Cl)c2nnc(-c3cc(Cl)cc(Br)c3)n2c1C. The van der Waals surface area contributed by atoms with E-state index in [1.54, 1.807) is 0 Å². The number of fused-ring (bicyclic) bond motifs is 1. The van der Waals surface area contributed by atoms with Gasteiger partial charge in [0, 0.05) is 20.8 Å². The second-order valence-electron chi connectivity index (χ2n) is 4.41. The Labute approximate surface area is 133 Å². The highest BCUT2D eigenvalue weighted by Gasteiger charge is 2.16. The van der Waals surface area contributed by atoms with Crippen LogP contribution in [0.4, 0.5) is 0 Å². The molecule has 0 aliphatic carbocycles. The van der Waals surface area contributed by atoms with Crippen LogP contribution < -0.4 is 0 Å². The molecule has 0 radical (unpaired) electrons. The third-order valence-electron chi connectivity index (χ3n) is 3.09. The minimum Gasteiger partial charge on any atom is -0.275 e. The number of halogens is 3. The van der Waals surface area contributed by atoms with Crippen LogP contribution in [0.1, 0.15) is 11.4 Å². The number of hydrogen-bond donors (Lipinski definition) is 0. The monoisotopic (exact) mass is 370 g/mol. The molecular weight excluding hydrogens is 363 g/mol. The molecule has 0 aliphatic heterocycles. The summed E-state index contributed by atoms with van der Waals surface area (Å²) in [5.41, 5.74) is 3.19. The topological polar surface area (TPSA) is 43.1 Å². The van der Waals surface area contributed by atoms with Gasteiger partial charge in [0.15, 0.2) is 16.6 Å². The minimum absolute atomic E-state index is 0.341. The molecule has 0 saturated heterocycles. The number of benzene rings is 1. The molecule has 0 bridgehead atoms. The highest BCUT2D eigenvalue weighted by molar-refractivity contribution is 9.10. The predicted octanol–water partition coefficient (Wildman–Crippen LogP) is 4.48. The Morgan fingerprint density at radius 2 is 1.85 bits per heavy atom. The van der Waals surface area contributed by atoms with Crippen LogP contribution in [0.3, 0.4) is 0 Å². The highest BCUT2D eigenvalue weighted by atomic mass is 79.9. The molecule has 0 aliphatic rings. The van der Waals surface area contributed by atoms with E-state index >= 15 is 0 Å². The van der Waals surface area contributed by atoms with Gasteiger partial charge < -0.3 is 0 Å². The fourth-order valence-corrected chi connectivity index (χ4v) is 3.15. The third-order valence-corrected chi connectivity index (χ3v) is 4.02. The Morgan fingerprint density at radius 3 is 2.55 bits per heavy atom. The van der Waals surface area contributed by atoms with Crippen LogP contribution >= 0.6 is 39.1 Å². The van der Waals surface area contributed by atoms with Gasteiger partial charge in [0.1, 0.15) is 0 Å². The lowest BCUT2D eigenvalue weighted by Crippen LogP contribution is -2.01. The van der Waals surface area contributed by atoms with Crippen LogP contribution in [0.25, 0.3) is 17.0 Å². The van der Waals surface area contributed by atoms with Crippen molar-refractivity contribution in [1.82, 2.24) is 19.6 Å². The highest BCUT2D eigenvalue weighted by Crippen LogP contribution is 2.29. The molecule has 2 heterocycles. The van der Waals surface area contributed by atoms with Crippen LogP contribution in [-0.4, -0.2) is 19.6 Å². The molecule has 0 N–H and O–H groups in total. The van der Waals surface area contributed by atoms with Gasteiger partial charge in [-0.2, -0.15) is 0 Å². The summed E-state index contributed by atoms with van der Waals surface area (Å²) in [6, 6.07) is 5.60. The van der Waals surface area contributed by atoms with E-state index in [0.29, 0.717) is 21.6 Å². The van der Waals surface area contributed by atoms with Crippen LogP contribution in [0.5, 0.6) is 0 Å². The fraction of sp³-hybridized carbons (Fsp3) is 0.154. The van der Waals surface area contributed by atoms with Crippen molar-refractivity contribution in [3.05, 3.63) is 44.2 Å². The zero-order valence-electron chi connectivity index (χ0n) is 10.7. The quantitative estimate of drug-likeness (QED) is 0.633. The summed E-state index contributed by atoms with van der Waals surface area (Å²) in [4.78, 5) is 4.25. The number of aromatic nitrogens is 4. The molecule has 7 heteroatoms. The van der Waals surface area contributed by atoms with Crippen molar-refractivity contribution in [3.8, 4) is 11.4 Å². The molecule has 2 aromatic heterocycles. The Hall–Kier alpha value is -1.17. The van der Waals surface area contributed by atoms with E-state index in [1.165, 1.54) is 0 Å². The van der Waals surface area contributed by atoms with Crippen molar-refractivity contribution in [3.63, 3.8) is 0 Å². The summed E-state index contributed by atoms with van der Waals surface area (Å²) in [5, 5.41) is 9.30. The number of rotatable bonds is 1. The maximum atomic E-state index is 6.13. The normalized spacial score (nSPS) is 11.2. The van der Waals surface area contributed by atoms with E-state index in [9.17, 15) is 0 Å². The second-order valence-corrected chi connectivity index (χ2v) is 6.12. The molecule has 20 heavy (non-hydrogen) atoms. The lowest BCUT2D eigenvalue weighted by atomic mass is 10.2. The molecule has 0 fully saturated rings. The van der Waals surface area contributed by atoms with Crippen LogP contribution in [0, 0.1) is 13.8 Å². The molecule has 4 nitrogen and oxygen atoms in total. The fourth-order valence-electron chi connectivity index (χ4n) is 2.05. The molecule has 0 saturated carbocycles. The van der Waals surface area contributed by atoms with E-state index in [4.69, 9.17) is 23.2 Å². The molecule has 0 atom stereocenters. The maximum Gasteiger partial charge on any atom is 0.199 e. The van der Waals surface area contributed by atoms with Gasteiger partial charge in [-0.1, -0.05) is 39.1 Å². The summed E-state index contributed by atoms with van der Waals surface area (Å²) in [7, 11) is 0. The summed E-state index contributed by atoms with van der Waals surface area (Å²) < 4.78 is 2.77. The first-order valence-corrected chi connectivity index (χ1v) is 7.36. The Kier molecular flexibility index (Phi) is 3.44. The second kappa shape index (κ2) is 4.98.